The first-order valence-corrected chi connectivity index (χ1v) is 10.9. The Labute approximate surface area is 185 Å². The van der Waals surface area contributed by atoms with E-state index < -0.39 is 0 Å². The van der Waals surface area contributed by atoms with Crippen LogP contribution in [-0.4, -0.2) is 37.3 Å². The second kappa shape index (κ2) is 9.48. The third kappa shape index (κ3) is 4.28. The van der Waals surface area contributed by atoms with Crippen LogP contribution in [0.5, 0.6) is 17.2 Å². The molecule has 0 fully saturated rings. The average molecular weight is 421 g/mol. The molecule has 1 atom stereocenters. The Kier molecular flexibility index (Phi) is 6.52. The summed E-state index contributed by atoms with van der Waals surface area (Å²) in [5.41, 5.74) is 5.04. The van der Waals surface area contributed by atoms with E-state index in [-0.39, 0.29) is 6.04 Å². The normalized spacial score (nSPS) is 16.5. The molecule has 164 valence electrons. The molecule has 0 amide bonds. The van der Waals surface area contributed by atoms with Gasteiger partial charge in [-0.1, -0.05) is 31.2 Å². The summed E-state index contributed by atoms with van der Waals surface area (Å²) in [7, 11) is 5.06. The minimum Gasteiger partial charge on any atom is -0.496 e. The summed E-state index contributed by atoms with van der Waals surface area (Å²) in [5.74, 6) is 2.31. The first kappa shape index (κ1) is 21.3. The first-order chi connectivity index (χ1) is 15.2. The van der Waals surface area contributed by atoms with Crippen molar-refractivity contribution >= 4 is 0 Å². The third-order valence-electron chi connectivity index (χ3n) is 6.24. The van der Waals surface area contributed by atoms with Gasteiger partial charge < -0.3 is 18.8 Å². The Hall–Kier alpha value is -2.92. The third-order valence-corrected chi connectivity index (χ3v) is 6.24. The van der Waals surface area contributed by atoms with E-state index in [4.69, 9.17) is 14.2 Å². The molecule has 0 aliphatic carbocycles. The summed E-state index contributed by atoms with van der Waals surface area (Å²) in [4.78, 5) is 2.53. The Morgan fingerprint density at radius 3 is 2.23 bits per heavy atom. The van der Waals surface area contributed by atoms with Crippen molar-refractivity contribution in [1.82, 2.24) is 9.47 Å². The zero-order chi connectivity index (χ0) is 21.8. The van der Waals surface area contributed by atoms with E-state index in [1.54, 1.807) is 21.3 Å². The number of methoxy groups -OCH3 is 3. The van der Waals surface area contributed by atoms with Crippen LogP contribution in [0.4, 0.5) is 0 Å². The molecule has 2 aromatic carbocycles. The number of ether oxygens (including phenoxy) is 3. The number of hydrogen-bond acceptors (Lipinski definition) is 4. The van der Waals surface area contributed by atoms with Crippen molar-refractivity contribution in [1.29, 1.82) is 0 Å². The largest absolute Gasteiger partial charge is 0.496 e. The maximum absolute atomic E-state index is 5.74. The Morgan fingerprint density at radius 2 is 1.61 bits per heavy atom. The Bertz CT molecular complexity index is 985. The van der Waals surface area contributed by atoms with Gasteiger partial charge in [-0.3, -0.25) is 4.90 Å². The summed E-state index contributed by atoms with van der Waals surface area (Å²) in [6, 6.07) is 17.5. The van der Waals surface area contributed by atoms with Crippen molar-refractivity contribution in [3.8, 4) is 17.2 Å². The highest BCUT2D eigenvalue weighted by Crippen LogP contribution is 2.39. The van der Waals surface area contributed by atoms with Crippen LogP contribution in [0, 0.1) is 0 Å². The fourth-order valence-corrected chi connectivity index (χ4v) is 4.56. The van der Waals surface area contributed by atoms with Gasteiger partial charge in [0, 0.05) is 43.7 Å². The van der Waals surface area contributed by atoms with Crippen molar-refractivity contribution < 1.29 is 14.2 Å². The molecule has 4 rings (SSSR count). The quantitative estimate of drug-likeness (QED) is 0.535. The van der Waals surface area contributed by atoms with Crippen LogP contribution in [0.3, 0.4) is 0 Å². The van der Waals surface area contributed by atoms with E-state index in [1.165, 1.54) is 16.8 Å². The lowest BCUT2D eigenvalue weighted by atomic mass is 9.99. The zero-order valence-electron chi connectivity index (χ0n) is 18.9. The molecule has 0 radical (unpaired) electrons. The van der Waals surface area contributed by atoms with Crippen LogP contribution in [0.25, 0.3) is 0 Å². The summed E-state index contributed by atoms with van der Waals surface area (Å²) in [5, 5.41) is 0. The fraction of sp³-hybridized carbons (Fsp3) is 0.385. The second-order valence-electron chi connectivity index (χ2n) is 7.96. The minimum absolute atomic E-state index is 0.167. The van der Waals surface area contributed by atoms with Crippen LogP contribution < -0.4 is 14.2 Å². The number of hydrogen-bond donors (Lipinski definition) is 0. The number of aromatic nitrogens is 1. The topological polar surface area (TPSA) is 35.9 Å². The van der Waals surface area contributed by atoms with Gasteiger partial charge in [-0.15, -0.1) is 0 Å². The van der Waals surface area contributed by atoms with E-state index in [2.05, 4.69) is 59.0 Å². The molecule has 5 nitrogen and oxygen atoms in total. The van der Waals surface area contributed by atoms with Crippen molar-refractivity contribution in [2.24, 2.45) is 0 Å². The molecule has 31 heavy (non-hydrogen) atoms. The fourth-order valence-electron chi connectivity index (χ4n) is 4.56. The molecule has 2 heterocycles. The zero-order valence-corrected chi connectivity index (χ0v) is 18.9. The van der Waals surface area contributed by atoms with Gasteiger partial charge >= 0.3 is 0 Å². The summed E-state index contributed by atoms with van der Waals surface area (Å²) >= 11 is 0. The Balaban J connectivity index is 1.77. The summed E-state index contributed by atoms with van der Waals surface area (Å²) in [6.45, 7) is 4.93. The molecular formula is C26H32N2O3. The van der Waals surface area contributed by atoms with Gasteiger partial charge in [0.05, 0.1) is 32.9 Å². The van der Waals surface area contributed by atoms with Crippen LogP contribution >= 0.6 is 0 Å². The molecule has 1 aliphatic rings. The number of benzene rings is 2. The van der Waals surface area contributed by atoms with Crippen LogP contribution in [0.1, 0.15) is 41.8 Å². The second-order valence-corrected chi connectivity index (χ2v) is 7.96. The van der Waals surface area contributed by atoms with Gasteiger partial charge in [-0.2, -0.15) is 0 Å². The van der Waals surface area contributed by atoms with E-state index in [0.717, 1.165) is 55.3 Å². The van der Waals surface area contributed by atoms with Crippen molar-refractivity contribution in [2.45, 2.75) is 38.9 Å². The predicted molar refractivity (Wildman–Crippen MR) is 123 cm³/mol. The molecule has 3 aromatic rings. The van der Waals surface area contributed by atoms with Crippen molar-refractivity contribution in [3.05, 3.63) is 77.1 Å². The van der Waals surface area contributed by atoms with Crippen molar-refractivity contribution in [3.63, 3.8) is 0 Å². The lowest BCUT2D eigenvalue weighted by Crippen LogP contribution is -2.30. The molecule has 0 bridgehead atoms. The molecule has 1 aliphatic heterocycles. The highest BCUT2D eigenvalue weighted by Gasteiger charge is 2.29. The molecule has 0 N–H and O–H groups in total. The Morgan fingerprint density at radius 1 is 0.903 bits per heavy atom. The molecule has 0 saturated heterocycles. The van der Waals surface area contributed by atoms with Gasteiger partial charge in [0.2, 0.25) is 0 Å². The van der Waals surface area contributed by atoms with Crippen LogP contribution in [0.15, 0.2) is 54.7 Å². The lowest BCUT2D eigenvalue weighted by Gasteiger charge is -2.31. The molecule has 1 aromatic heterocycles. The number of nitrogens with zero attached hydrogens (tertiary/aromatic N) is 2. The molecule has 0 spiro atoms. The minimum atomic E-state index is 0.167. The highest BCUT2D eigenvalue weighted by atomic mass is 16.5. The van der Waals surface area contributed by atoms with E-state index in [1.807, 2.05) is 12.1 Å². The maximum atomic E-state index is 5.74. The van der Waals surface area contributed by atoms with Gasteiger partial charge in [0.1, 0.15) is 17.2 Å². The number of aryl methyl sites for hydroxylation is 2. The van der Waals surface area contributed by atoms with Crippen molar-refractivity contribution in [2.75, 3.05) is 27.9 Å². The van der Waals surface area contributed by atoms with E-state index in [9.17, 15) is 0 Å². The molecule has 5 heteroatoms. The van der Waals surface area contributed by atoms with Crippen LogP contribution in [0.2, 0.25) is 0 Å². The smallest absolute Gasteiger partial charge is 0.130 e. The average Bonchev–Trinajstić information content (AvgIpc) is 3.20. The molecular weight excluding hydrogens is 388 g/mol. The van der Waals surface area contributed by atoms with Gasteiger partial charge in [-0.05, 0) is 36.1 Å². The lowest BCUT2D eigenvalue weighted by molar-refractivity contribution is 0.213. The predicted octanol–water partition coefficient (Wildman–Crippen LogP) is 5.07. The molecule has 0 saturated carbocycles. The number of fused-ring (bicyclic) bond motifs is 1. The standard InChI is InChI=1S/C26H32N2O3/c1-5-19-9-11-20(12-10-19)26-23-8-6-13-27(23)14-7-15-28(26)18-22-24(30-3)16-21(29-2)17-25(22)31-4/h6,8-13,16-17,26H,5,7,14-15,18H2,1-4H3. The highest BCUT2D eigenvalue weighted by molar-refractivity contribution is 5.51. The maximum Gasteiger partial charge on any atom is 0.130 e. The van der Waals surface area contributed by atoms with Gasteiger partial charge in [-0.25, -0.2) is 0 Å². The summed E-state index contributed by atoms with van der Waals surface area (Å²) in [6.07, 6.45) is 4.33. The number of rotatable bonds is 7. The first-order valence-electron chi connectivity index (χ1n) is 10.9. The molecule has 1 unspecified atom stereocenters. The van der Waals surface area contributed by atoms with Gasteiger partial charge in [0.15, 0.2) is 0 Å². The van der Waals surface area contributed by atoms with E-state index >= 15 is 0 Å². The monoisotopic (exact) mass is 420 g/mol. The van der Waals surface area contributed by atoms with E-state index in [0.29, 0.717) is 0 Å². The van der Waals surface area contributed by atoms with Gasteiger partial charge in [0.25, 0.3) is 0 Å². The van der Waals surface area contributed by atoms with Crippen LogP contribution in [-0.2, 0) is 19.5 Å². The summed E-state index contributed by atoms with van der Waals surface area (Å²) < 4.78 is 19.3. The SMILES string of the molecule is CCc1ccc(C2c3cccn3CCCN2Cc2c(OC)cc(OC)cc2OC)cc1.